The van der Waals surface area contributed by atoms with Gasteiger partial charge in [0.15, 0.2) is 12.2 Å². The van der Waals surface area contributed by atoms with Crippen molar-refractivity contribution < 1.29 is 47.6 Å². The first kappa shape index (κ1) is 19.8. The summed E-state index contributed by atoms with van der Waals surface area (Å²) < 4.78 is 29.9. The molecule has 0 aromatic rings. The number of carbonyl (C=O) groups is 4. The Morgan fingerprint density at radius 3 is 1.96 bits per heavy atom. The molecule has 0 amide bonds. The van der Waals surface area contributed by atoms with Gasteiger partial charge in [-0.2, -0.15) is 0 Å². The summed E-state index contributed by atoms with van der Waals surface area (Å²) in [6.07, 6.45) is -4.41. The van der Waals surface area contributed by atoms with Gasteiger partial charge in [0, 0.05) is 21.0 Å². The van der Waals surface area contributed by atoms with Crippen LogP contribution < -0.4 is 0 Å². The highest BCUT2D eigenvalue weighted by Gasteiger charge is 2.58. The number of ether oxygens (including phenoxy) is 6. The van der Waals surface area contributed by atoms with Gasteiger partial charge < -0.3 is 28.4 Å². The molecule has 1 aliphatic rings. The van der Waals surface area contributed by atoms with Crippen molar-refractivity contribution in [3.05, 3.63) is 0 Å². The van der Waals surface area contributed by atoms with E-state index >= 15 is 0 Å². The lowest BCUT2D eigenvalue weighted by Crippen LogP contribution is -2.63. The lowest BCUT2D eigenvalue weighted by molar-refractivity contribution is -0.304. The van der Waals surface area contributed by atoms with Crippen LogP contribution in [0.3, 0.4) is 0 Å². The monoisotopic (exact) mass is 348 g/mol. The molecule has 0 aliphatic carbocycles. The summed E-state index contributed by atoms with van der Waals surface area (Å²) in [6, 6.07) is 0. The average Bonchev–Trinajstić information content (AvgIpc) is 2.53. The van der Waals surface area contributed by atoms with Gasteiger partial charge in [0.25, 0.3) is 5.79 Å². The summed E-state index contributed by atoms with van der Waals surface area (Å²) >= 11 is 0. The lowest BCUT2D eigenvalue weighted by atomic mass is 9.94. The average molecular weight is 348 g/mol. The van der Waals surface area contributed by atoms with Gasteiger partial charge in [-0.05, 0) is 0 Å². The molecule has 0 spiro atoms. The maximum absolute atomic E-state index is 12.1. The van der Waals surface area contributed by atoms with Gasteiger partial charge in [0.1, 0.15) is 6.10 Å². The molecule has 1 aliphatic heterocycles. The molecule has 1 saturated heterocycles. The van der Waals surface area contributed by atoms with Crippen molar-refractivity contribution in [1.29, 1.82) is 0 Å². The Morgan fingerprint density at radius 2 is 1.54 bits per heavy atom. The number of esters is 4. The molecule has 0 radical (unpaired) electrons. The van der Waals surface area contributed by atoms with E-state index in [1.54, 1.807) is 0 Å². The van der Waals surface area contributed by atoms with Gasteiger partial charge in [0.2, 0.25) is 0 Å². The molecule has 10 heteroatoms. The first-order valence-electron chi connectivity index (χ1n) is 6.94. The topological polar surface area (TPSA) is 124 Å². The Kier molecular flexibility index (Phi) is 6.67. The van der Waals surface area contributed by atoms with E-state index in [1.807, 2.05) is 0 Å². The van der Waals surface area contributed by atoms with Crippen LogP contribution in [0.15, 0.2) is 0 Å². The van der Waals surface area contributed by atoms with Crippen molar-refractivity contribution in [2.24, 2.45) is 0 Å². The van der Waals surface area contributed by atoms with E-state index in [9.17, 15) is 19.2 Å². The van der Waals surface area contributed by atoms with Crippen LogP contribution in [-0.4, -0.2) is 69.3 Å². The van der Waals surface area contributed by atoms with E-state index in [0.29, 0.717) is 0 Å². The molecule has 4 atom stereocenters. The number of rotatable bonds is 5. The SMILES string of the molecule is COC(=O)[C@H]1O[C@@](OC)(C(=O)OC)C[C@@H](OC(C)=O)[C@@H]1OC(C)=O. The Bertz CT molecular complexity index is 516. The number of hydrogen-bond donors (Lipinski definition) is 0. The molecule has 1 rings (SSSR count). The maximum atomic E-state index is 12.1. The summed E-state index contributed by atoms with van der Waals surface area (Å²) in [5, 5.41) is 0. The van der Waals surface area contributed by atoms with E-state index in [1.165, 1.54) is 0 Å². The van der Waals surface area contributed by atoms with Crippen LogP contribution in [-0.2, 0) is 47.6 Å². The predicted molar refractivity (Wildman–Crippen MR) is 74.4 cm³/mol. The number of carbonyl (C=O) groups excluding carboxylic acids is 4. The van der Waals surface area contributed by atoms with E-state index in [0.717, 1.165) is 35.2 Å². The van der Waals surface area contributed by atoms with Gasteiger partial charge >= 0.3 is 23.9 Å². The van der Waals surface area contributed by atoms with Crippen LogP contribution in [0.5, 0.6) is 0 Å². The molecule has 1 heterocycles. The van der Waals surface area contributed by atoms with Crippen LogP contribution in [0.25, 0.3) is 0 Å². The van der Waals surface area contributed by atoms with Crippen LogP contribution in [0.2, 0.25) is 0 Å². The zero-order valence-electron chi connectivity index (χ0n) is 14.0. The van der Waals surface area contributed by atoms with Crippen molar-refractivity contribution in [1.82, 2.24) is 0 Å². The summed E-state index contributed by atoms with van der Waals surface area (Å²) in [5.74, 6) is -5.36. The molecule has 136 valence electrons. The number of hydrogen-bond acceptors (Lipinski definition) is 10. The second-order valence-electron chi connectivity index (χ2n) is 4.94. The Balaban J connectivity index is 3.31. The largest absolute Gasteiger partial charge is 0.467 e. The molecule has 24 heavy (non-hydrogen) atoms. The fourth-order valence-corrected chi connectivity index (χ4v) is 2.35. The summed E-state index contributed by atoms with van der Waals surface area (Å²) in [4.78, 5) is 46.8. The first-order valence-corrected chi connectivity index (χ1v) is 6.94. The fourth-order valence-electron chi connectivity index (χ4n) is 2.35. The highest BCUT2D eigenvalue weighted by Crippen LogP contribution is 2.35. The third-order valence-electron chi connectivity index (χ3n) is 3.33. The van der Waals surface area contributed by atoms with Crippen molar-refractivity contribution in [2.75, 3.05) is 21.3 Å². The van der Waals surface area contributed by atoms with E-state index < -0.39 is 48.0 Å². The predicted octanol–water partition coefficient (Wildman–Crippen LogP) is -0.673. The maximum Gasteiger partial charge on any atom is 0.366 e. The van der Waals surface area contributed by atoms with Crippen molar-refractivity contribution >= 4 is 23.9 Å². The zero-order valence-corrected chi connectivity index (χ0v) is 14.0. The van der Waals surface area contributed by atoms with Crippen LogP contribution >= 0.6 is 0 Å². The van der Waals surface area contributed by atoms with E-state index in [4.69, 9.17) is 18.9 Å². The third-order valence-corrected chi connectivity index (χ3v) is 3.33. The summed E-state index contributed by atoms with van der Waals surface area (Å²) in [6.45, 7) is 2.23. The molecule has 1 fully saturated rings. The molecule has 0 saturated carbocycles. The van der Waals surface area contributed by atoms with Crippen LogP contribution in [0.4, 0.5) is 0 Å². The molecule has 10 nitrogen and oxygen atoms in total. The normalized spacial score (nSPS) is 29.3. The molecule has 0 unspecified atom stereocenters. The van der Waals surface area contributed by atoms with Gasteiger partial charge in [-0.3, -0.25) is 9.59 Å². The van der Waals surface area contributed by atoms with Crippen LogP contribution in [0, 0.1) is 0 Å². The highest BCUT2D eigenvalue weighted by atomic mass is 16.7. The Morgan fingerprint density at radius 1 is 0.958 bits per heavy atom. The fraction of sp³-hybridized carbons (Fsp3) is 0.714. The smallest absolute Gasteiger partial charge is 0.366 e. The standard InChI is InChI=1S/C14H20O10/c1-7(15)22-9-6-14(21-5,13(18)20-4)24-11(12(17)19-3)10(9)23-8(2)16/h9-11H,6H2,1-5H3/t9-,10+,11+,14-/m1/s1. The molecule has 0 N–H and O–H groups in total. The summed E-state index contributed by atoms with van der Waals surface area (Å²) in [7, 11) is 3.33. The highest BCUT2D eigenvalue weighted by molar-refractivity contribution is 5.81. The molecular formula is C14H20O10. The minimum Gasteiger partial charge on any atom is -0.467 e. The van der Waals surface area contributed by atoms with Crippen molar-refractivity contribution in [2.45, 2.75) is 44.4 Å². The van der Waals surface area contributed by atoms with Crippen molar-refractivity contribution in [3.8, 4) is 0 Å². The molecule has 0 aromatic carbocycles. The molecule has 0 bridgehead atoms. The lowest BCUT2D eigenvalue weighted by Gasteiger charge is -2.43. The second kappa shape index (κ2) is 8.06. The zero-order chi connectivity index (χ0) is 18.5. The van der Waals surface area contributed by atoms with Gasteiger partial charge in [-0.15, -0.1) is 0 Å². The summed E-state index contributed by atoms with van der Waals surface area (Å²) in [5.41, 5.74) is 0. The van der Waals surface area contributed by atoms with Crippen LogP contribution in [0.1, 0.15) is 20.3 Å². The third kappa shape index (κ3) is 4.20. The minimum atomic E-state index is -2.02. The Labute approximate surface area is 138 Å². The van der Waals surface area contributed by atoms with E-state index in [2.05, 4.69) is 9.47 Å². The second-order valence-corrected chi connectivity index (χ2v) is 4.94. The van der Waals surface area contributed by atoms with Gasteiger partial charge in [0.05, 0.1) is 20.6 Å². The Hall–Kier alpha value is -2.20. The quantitative estimate of drug-likeness (QED) is 0.466. The molecular weight excluding hydrogens is 328 g/mol. The molecule has 0 aromatic heterocycles. The minimum absolute atomic E-state index is 0.346. The first-order chi connectivity index (χ1) is 11.2. The number of methoxy groups -OCH3 is 3. The van der Waals surface area contributed by atoms with Crippen molar-refractivity contribution in [3.63, 3.8) is 0 Å². The van der Waals surface area contributed by atoms with Gasteiger partial charge in [-0.25, -0.2) is 9.59 Å². The van der Waals surface area contributed by atoms with Gasteiger partial charge in [-0.1, -0.05) is 0 Å². The van der Waals surface area contributed by atoms with E-state index in [-0.39, 0.29) is 6.42 Å².